The highest BCUT2D eigenvalue weighted by atomic mass is 35.5. The topological polar surface area (TPSA) is 85.8 Å². The number of hydrogen-bond donors (Lipinski definition) is 2. The molecule has 0 unspecified atom stereocenters. The minimum Gasteiger partial charge on any atom is -0.321 e. The standard InChI is InChI=1S/C19H11ClFN3O2/c20-13-3-1-11(2-4-13)16-8-6-15(18(25)23-16)19(26)24-17-7-5-14(21)9-12(17)10-22/h1-9H,(H,23,25)(H,24,26). The Hall–Kier alpha value is -3.43. The van der Waals surface area contributed by atoms with Crippen LogP contribution in [0.3, 0.4) is 0 Å². The van der Waals surface area contributed by atoms with Gasteiger partial charge in [0.15, 0.2) is 0 Å². The van der Waals surface area contributed by atoms with E-state index in [0.717, 1.165) is 17.7 Å². The Kier molecular flexibility index (Phi) is 4.83. The molecule has 128 valence electrons. The van der Waals surface area contributed by atoms with Crippen LogP contribution in [0.4, 0.5) is 10.1 Å². The zero-order valence-electron chi connectivity index (χ0n) is 13.2. The van der Waals surface area contributed by atoms with Gasteiger partial charge < -0.3 is 10.3 Å². The van der Waals surface area contributed by atoms with Gasteiger partial charge in [-0.2, -0.15) is 5.26 Å². The lowest BCUT2D eigenvalue weighted by Gasteiger charge is -2.08. The average molecular weight is 368 g/mol. The van der Waals surface area contributed by atoms with Gasteiger partial charge in [-0.05, 0) is 48.0 Å². The number of nitriles is 1. The molecule has 0 aliphatic heterocycles. The molecule has 2 aromatic carbocycles. The van der Waals surface area contributed by atoms with Crippen LogP contribution in [-0.2, 0) is 0 Å². The number of nitrogens with zero attached hydrogens (tertiary/aromatic N) is 1. The van der Waals surface area contributed by atoms with Gasteiger partial charge in [-0.15, -0.1) is 0 Å². The van der Waals surface area contributed by atoms with Crippen LogP contribution in [0.5, 0.6) is 0 Å². The van der Waals surface area contributed by atoms with Gasteiger partial charge >= 0.3 is 0 Å². The van der Waals surface area contributed by atoms with E-state index in [0.29, 0.717) is 10.7 Å². The second-order valence-electron chi connectivity index (χ2n) is 5.38. The summed E-state index contributed by atoms with van der Waals surface area (Å²) >= 11 is 5.84. The molecule has 1 amide bonds. The van der Waals surface area contributed by atoms with Crippen LogP contribution >= 0.6 is 11.6 Å². The average Bonchev–Trinajstić information content (AvgIpc) is 2.63. The van der Waals surface area contributed by atoms with Crippen molar-refractivity contribution >= 4 is 23.2 Å². The number of carbonyl (C=O) groups excluding carboxylic acids is 1. The molecule has 1 heterocycles. The number of H-pyrrole nitrogens is 1. The fourth-order valence-electron chi connectivity index (χ4n) is 2.36. The number of pyridine rings is 1. The molecular formula is C19H11ClFN3O2. The van der Waals surface area contributed by atoms with Gasteiger partial charge in [0.1, 0.15) is 17.4 Å². The summed E-state index contributed by atoms with van der Waals surface area (Å²) in [5.41, 5.74) is 0.644. The predicted octanol–water partition coefficient (Wildman–Crippen LogP) is 3.96. The minimum atomic E-state index is -0.697. The van der Waals surface area contributed by atoms with Gasteiger partial charge in [0.05, 0.1) is 11.3 Å². The van der Waals surface area contributed by atoms with Crippen molar-refractivity contribution in [3.05, 3.63) is 86.9 Å². The second-order valence-corrected chi connectivity index (χ2v) is 5.81. The van der Waals surface area contributed by atoms with E-state index in [4.69, 9.17) is 16.9 Å². The summed E-state index contributed by atoms with van der Waals surface area (Å²) in [4.78, 5) is 27.2. The maximum absolute atomic E-state index is 13.2. The number of halogens is 2. The van der Waals surface area contributed by atoms with E-state index in [9.17, 15) is 14.0 Å². The van der Waals surface area contributed by atoms with E-state index in [-0.39, 0.29) is 16.8 Å². The molecule has 0 radical (unpaired) electrons. The van der Waals surface area contributed by atoms with E-state index in [1.807, 2.05) is 0 Å². The van der Waals surface area contributed by atoms with E-state index < -0.39 is 17.3 Å². The van der Waals surface area contributed by atoms with Crippen molar-refractivity contribution in [2.75, 3.05) is 5.32 Å². The Labute approximate surface area is 152 Å². The van der Waals surface area contributed by atoms with Gasteiger partial charge in [0, 0.05) is 10.7 Å². The number of anilines is 1. The third kappa shape index (κ3) is 3.63. The minimum absolute atomic E-state index is 0.0347. The number of benzene rings is 2. The maximum Gasteiger partial charge on any atom is 0.261 e. The van der Waals surface area contributed by atoms with Crippen LogP contribution in [0, 0.1) is 17.1 Å². The Morgan fingerprint density at radius 3 is 2.50 bits per heavy atom. The number of hydrogen-bond acceptors (Lipinski definition) is 3. The van der Waals surface area contributed by atoms with Crippen LogP contribution in [-0.4, -0.2) is 10.9 Å². The molecule has 7 heteroatoms. The van der Waals surface area contributed by atoms with Gasteiger partial charge in [-0.25, -0.2) is 4.39 Å². The number of carbonyl (C=O) groups is 1. The van der Waals surface area contributed by atoms with Crippen molar-refractivity contribution < 1.29 is 9.18 Å². The molecule has 26 heavy (non-hydrogen) atoms. The first-order valence-electron chi connectivity index (χ1n) is 7.48. The van der Waals surface area contributed by atoms with E-state index in [1.165, 1.54) is 12.1 Å². The van der Waals surface area contributed by atoms with Crippen molar-refractivity contribution in [1.82, 2.24) is 4.98 Å². The highest BCUT2D eigenvalue weighted by molar-refractivity contribution is 6.30. The lowest BCUT2D eigenvalue weighted by molar-refractivity contribution is 0.102. The summed E-state index contributed by atoms with van der Waals surface area (Å²) in [5, 5.41) is 12.0. The Morgan fingerprint density at radius 1 is 1.12 bits per heavy atom. The first-order chi connectivity index (χ1) is 12.5. The number of amides is 1. The largest absolute Gasteiger partial charge is 0.321 e. The van der Waals surface area contributed by atoms with Crippen molar-refractivity contribution in [3.8, 4) is 17.3 Å². The van der Waals surface area contributed by atoms with Crippen LogP contribution < -0.4 is 10.9 Å². The molecular weight excluding hydrogens is 357 g/mol. The van der Waals surface area contributed by atoms with Crippen molar-refractivity contribution in [3.63, 3.8) is 0 Å². The summed E-state index contributed by atoms with van der Waals surface area (Å²) in [6.45, 7) is 0. The number of aromatic amines is 1. The molecule has 1 aromatic heterocycles. The molecule has 0 aliphatic carbocycles. The number of aromatic nitrogens is 1. The fraction of sp³-hybridized carbons (Fsp3) is 0. The van der Waals surface area contributed by atoms with Crippen LogP contribution in [0.2, 0.25) is 5.02 Å². The molecule has 3 aromatic rings. The molecule has 0 bridgehead atoms. The van der Waals surface area contributed by atoms with Gasteiger partial charge in [-0.1, -0.05) is 23.7 Å². The van der Waals surface area contributed by atoms with Gasteiger partial charge in [0.2, 0.25) is 0 Å². The predicted molar refractivity (Wildman–Crippen MR) is 96.6 cm³/mol. The zero-order valence-corrected chi connectivity index (χ0v) is 14.0. The lowest BCUT2D eigenvalue weighted by Crippen LogP contribution is -2.23. The molecule has 3 rings (SSSR count). The Bertz CT molecular complexity index is 1090. The molecule has 2 N–H and O–H groups in total. The van der Waals surface area contributed by atoms with E-state index >= 15 is 0 Å². The quantitative estimate of drug-likeness (QED) is 0.734. The summed E-state index contributed by atoms with van der Waals surface area (Å²) in [6.07, 6.45) is 0. The third-order valence-corrected chi connectivity index (χ3v) is 3.91. The van der Waals surface area contributed by atoms with Crippen molar-refractivity contribution in [2.24, 2.45) is 0 Å². The van der Waals surface area contributed by atoms with Crippen molar-refractivity contribution in [2.45, 2.75) is 0 Å². The Balaban J connectivity index is 1.88. The third-order valence-electron chi connectivity index (χ3n) is 3.66. The SMILES string of the molecule is N#Cc1cc(F)ccc1NC(=O)c1ccc(-c2ccc(Cl)cc2)[nH]c1=O. The van der Waals surface area contributed by atoms with Crippen molar-refractivity contribution in [1.29, 1.82) is 5.26 Å². The monoisotopic (exact) mass is 367 g/mol. The highest BCUT2D eigenvalue weighted by Gasteiger charge is 2.14. The highest BCUT2D eigenvalue weighted by Crippen LogP contribution is 2.20. The van der Waals surface area contributed by atoms with Gasteiger partial charge in [0.25, 0.3) is 11.5 Å². The number of nitrogens with one attached hydrogen (secondary N) is 2. The summed E-state index contributed by atoms with van der Waals surface area (Å²) in [6, 6.07) is 15.0. The van der Waals surface area contributed by atoms with E-state index in [1.54, 1.807) is 36.4 Å². The smallest absolute Gasteiger partial charge is 0.261 e. The first kappa shape index (κ1) is 17.4. The summed E-state index contributed by atoms with van der Waals surface area (Å²) in [5.74, 6) is -1.29. The first-order valence-corrected chi connectivity index (χ1v) is 7.86. The van der Waals surface area contributed by atoms with Crippen LogP contribution in [0.25, 0.3) is 11.3 Å². The lowest BCUT2D eigenvalue weighted by atomic mass is 10.1. The molecule has 5 nitrogen and oxygen atoms in total. The molecule has 0 fully saturated rings. The molecule has 0 aliphatic rings. The van der Waals surface area contributed by atoms with Crippen LogP contribution in [0.1, 0.15) is 15.9 Å². The van der Waals surface area contributed by atoms with Crippen LogP contribution in [0.15, 0.2) is 59.4 Å². The molecule has 0 saturated carbocycles. The van der Waals surface area contributed by atoms with E-state index in [2.05, 4.69) is 10.3 Å². The summed E-state index contributed by atoms with van der Waals surface area (Å²) in [7, 11) is 0. The zero-order chi connectivity index (χ0) is 18.7. The van der Waals surface area contributed by atoms with Gasteiger partial charge in [-0.3, -0.25) is 9.59 Å². The normalized spacial score (nSPS) is 10.2. The molecule has 0 atom stereocenters. The summed E-state index contributed by atoms with van der Waals surface area (Å²) < 4.78 is 13.2. The molecule has 0 spiro atoms. The maximum atomic E-state index is 13.2. The Morgan fingerprint density at radius 2 is 1.85 bits per heavy atom. The molecule has 0 saturated heterocycles. The fourth-order valence-corrected chi connectivity index (χ4v) is 2.48. The number of rotatable bonds is 3. The second kappa shape index (κ2) is 7.21.